The van der Waals surface area contributed by atoms with Crippen molar-refractivity contribution in [1.29, 1.82) is 0 Å². The van der Waals surface area contributed by atoms with Crippen LogP contribution < -0.4 is 9.62 Å². The van der Waals surface area contributed by atoms with E-state index in [0.29, 0.717) is 17.8 Å². The van der Waals surface area contributed by atoms with Crippen molar-refractivity contribution in [3.8, 4) is 0 Å². The quantitative estimate of drug-likeness (QED) is 0.473. The number of benzene rings is 2. The van der Waals surface area contributed by atoms with Gasteiger partial charge in [0.05, 0.1) is 18.5 Å². The van der Waals surface area contributed by atoms with Gasteiger partial charge in [-0.1, -0.05) is 35.9 Å². The Kier molecular flexibility index (Phi) is 8.14. The Balaban J connectivity index is 1.82. The lowest BCUT2D eigenvalue weighted by Crippen LogP contribution is -2.30. The van der Waals surface area contributed by atoms with Crippen LogP contribution in [0.25, 0.3) is 0 Å². The lowest BCUT2D eigenvalue weighted by molar-refractivity contribution is 0.0956. The largest absolute Gasteiger partial charge is 0.351 e. The molecule has 0 radical (unpaired) electrons. The molecule has 0 saturated carbocycles. The summed E-state index contributed by atoms with van der Waals surface area (Å²) in [5.74, 6) is 1.56. The minimum absolute atomic E-state index is 0.169. The lowest BCUT2D eigenvalue weighted by atomic mass is 10.2. The maximum atomic E-state index is 12.3. The predicted octanol–water partition coefficient (Wildman–Crippen LogP) is 3.61. The van der Waals surface area contributed by atoms with Gasteiger partial charge in [-0.3, -0.25) is 9.10 Å². The first-order valence-corrected chi connectivity index (χ1v) is 11.9. The maximum absolute atomic E-state index is 12.3. The van der Waals surface area contributed by atoms with Gasteiger partial charge in [0.1, 0.15) is 0 Å². The molecular weight excluding hydrogens is 392 g/mol. The van der Waals surface area contributed by atoms with E-state index in [1.165, 1.54) is 21.5 Å². The van der Waals surface area contributed by atoms with Gasteiger partial charge in [-0.2, -0.15) is 11.8 Å². The first kappa shape index (κ1) is 22.0. The molecule has 2 rings (SSSR count). The predicted molar refractivity (Wildman–Crippen MR) is 119 cm³/mol. The number of sulfonamides is 1. The van der Waals surface area contributed by atoms with Crippen LogP contribution in [0.5, 0.6) is 0 Å². The summed E-state index contributed by atoms with van der Waals surface area (Å²) in [6.07, 6.45) is 2.67. The average Bonchev–Trinajstić information content (AvgIpc) is 2.66. The van der Waals surface area contributed by atoms with Gasteiger partial charge in [0, 0.05) is 23.6 Å². The first-order chi connectivity index (χ1) is 13.3. The highest BCUT2D eigenvalue weighted by Gasteiger charge is 2.16. The second-order valence-electron chi connectivity index (χ2n) is 6.42. The molecule has 0 aliphatic heterocycles. The zero-order chi connectivity index (χ0) is 20.6. The summed E-state index contributed by atoms with van der Waals surface area (Å²) >= 11 is 1.77. The SMILES string of the molecule is C=CCN(c1ccc(C(=O)NCCSCc2ccc(C)cc2)cc1)S(C)(=O)=O. The van der Waals surface area contributed by atoms with Crippen molar-refractivity contribution in [3.05, 3.63) is 77.9 Å². The van der Waals surface area contributed by atoms with Gasteiger partial charge in [-0.25, -0.2) is 8.42 Å². The normalized spacial score (nSPS) is 11.1. The molecule has 2 aromatic carbocycles. The maximum Gasteiger partial charge on any atom is 0.251 e. The number of amides is 1. The Hall–Kier alpha value is -2.25. The number of carbonyl (C=O) groups excluding carboxylic acids is 1. The Morgan fingerprint density at radius 2 is 1.79 bits per heavy atom. The molecule has 0 fully saturated rings. The molecule has 0 atom stereocenters. The number of hydrogen-bond acceptors (Lipinski definition) is 4. The van der Waals surface area contributed by atoms with E-state index in [1.54, 1.807) is 36.0 Å². The van der Waals surface area contributed by atoms with Crippen LogP contribution in [0.2, 0.25) is 0 Å². The zero-order valence-corrected chi connectivity index (χ0v) is 17.9. The van der Waals surface area contributed by atoms with E-state index >= 15 is 0 Å². The Morgan fingerprint density at radius 3 is 2.36 bits per heavy atom. The third kappa shape index (κ3) is 6.73. The Bertz CT molecular complexity index is 892. The molecule has 2 aromatic rings. The molecule has 1 N–H and O–H groups in total. The van der Waals surface area contributed by atoms with E-state index in [4.69, 9.17) is 0 Å². The summed E-state index contributed by atoms with van der Waals surface area (Å²) in [5.41, 5.74) is 3.52. The molecule has 0 aliphatic rings. The van der Waals surface area contributed by atoms with Crippen molar-refractivity contribution >= 4 is 33.4 Å². The fourth-order valence-corrected chi connectivity index (χ4v) is 4.24. The zero-order valence-electron chi connectivity index (χ0n) is 16.2. The van der Waals surface area contributed by atoms with E-state index in [2.05, 4.69) is 43.1 Å². The summed E-state index contributed by atoms with van der Waals surface area (Å²) in [4.78, 5) is 12.3. The van der Waals surface area contributed by atoms with Crippen molar-refractivity contribution in [3.63, 3.8) is 0 Å². The molecule has 150 valence electrons. The van der Waals surface area contributed by atoms with Gasteiger partial charge in [-0.05, 0) is 36.8 Å². The fourth-order valence-electron chi connectivity index (χ4n) is 2.54. The summed E-state index contributed by atoms with van der Waals surface area (Å²) in [6, 6.07) is 15.0. The molecule has 1 amide bonds. The highest BCUT2D eigenvalue weighted by atomic mass is 32.2. The summed E-state index contributed by atoms with van der Waals surface area (Å²) in [6.45, 7) is 6.41. The lowest BCUT2D eigenvalue weighted by Gasteiger charge is -2.20. The molecule has 0 spiro atoms. The molecule has 0 unspecified atom stereocenters. The number of nitrogens with zero attached hydrogens (tertiary/aromatic N) is 1. The van der Waals surface area contributed by atoms with Gasteiger partial charge < -0.3 is 5.32 Å². The smallest absolute Gasteiger partial charge is 0.251 e. The summed E-state index contributed by atoms with van der Waals surface area (Å²) in [7, 11) is -3.40. The van der Waals surface area contributed by atoms with E-state index in [9.17, 15) is 13.2 Å². The van der Waals surface area contributed by atoms with Crippen molar-refractivity contribution in [2.75, 3.05) is 29.4 Å². The van der Waals surface area contributed by atoms with Crippen LogP contribution in [0.1, 0.15) is 21.5 Å². The van der Waals surface area contributed by atoms with Crippen LogP contribution in [0.4, 0.5) is 5.69 Å². The number of anilines is 1. The standard InChI is InChI=1S/C21H26N2O3S2/c1-4-14-23(28(3,25)26)20-11-9-19(10-12-20)21(24)22-13-15-27-16-18-7-5-17(2)6-8-18/h4-12H,1,13-16H2,2-3H3,(H,22,24). The monoisotopic (exact) mass is 418 g/mol. The Morgan fingerprint density at radius 1 is 1.14 bits per heavy atom. The number of rotatable bonds is 10. The van der Waals surface area contributed by atoms with E-state index in [-0.39, 0.29) is 12.5 Å². The van der Waals surface area contributed by atoms with Crippen LogP contribution in [-0.2, 0) is 15.8 Å². The van der Waals surface area contributed by atoms with Gasteiger partial charge in [-0.15, -0.1) is 6.58 Å². The molecule has 7 heteroatoms. The molecule has 0 saturated heterocycles. The number of carbonyl (C=O) groups is 1. The topological polar surface area (TPSA) is 66.5 Å². The molecule has 0 heterocycles. The second kappa shape index (κ2) is 10.3. The summed E-state index contributed by atoms with van der Waals surface area (Å²) < 4.78 is 25.0. The number of aryl methyl sites for hydroxylation is 1. The number of hydrogen-bond donors (Lipinski definition) is 1. The van der Waals surface area contributed by atoms with E-state index in [0.717, 1.165) is 17.8 Å². The highest BCUT2D eigenvalue weighted by molar-refractivity contribution is 7.98. The molecule has 0 aliphatic carbocycles. The number of thioether (sulfide) groups is 1. The van der Waals surface area contributed by atoms with Gasteiger partial charge in [0.2, 0.25) is 10.0 Å². The van der Waals surface area contributed by atoms with E-state index < -0.39 is 10.0 Å². The van der Waals surface area contributed by atoms with Gasteiger partial charge >= 0.3 is 0 Å². The highest BCUT2D eigenvalue weighted by Crippen LogP contribution is 2.18. The minimum atomic E-state index is -3.40. The summed E-state index contributed by atoms with van der Waals surface area (Å²) in [5, 5.41) is 2.89. The fraction of sp³-hybridized carbons (Fsp3) is 0.286. The van der Waals surface area contributed by atoms with Crippen molar-refractivity contribution in [2.45, 2.75) is 12.7 Å². The van der Waals surface area contributed by atoms with Crippen molar-refractivity contribution < 1.29 is 13.2 Å². The molecule has 0 aromatic heterocycles. The van der Waals surface area contributed by atoms with Crippen LogP contribution >= 0.6 is 11.8 Å². The Labute approximate surface area is 171 Å². The first-order valence-electron chi connectivity index (χ1n) is 8.91. The van der Waals surface area contributed by atoms with Gasteiger partial charge in [0.15, 0.2) is 0 Å². The van der Waals surface area contributed by atoms with Crippen molar-refractivity contribution in [1.82, 2.24) is 5.32 Å². The molecular formula is C21H26N2O3S2. The average molecular weight is 419 g/mol. The number of nitrogens with one attached hydrogen (secondary N) is 1. The molecule has 5 nitrogen and oxygen atoms in total. The molecule has 0 bridgehead atoms. The minimum Gasteiger partial charge on any atom is -0.351 e. The van der Waals surface area contributed by atoms with Crippen molar-refractivity contribution in [2.24, 2.45) is 0 Å². The van der Waals surface area contributed by atoms with Crippen LogP contribution in [0.3, 0.4) is 0 Å². The van der Waals surface area contributed by atoms with Crippen LogP contribution in [0, 0.1) is 6.92 Å². The van der Waals surface area contributed by atoms with Crippen LogP contribution in [0.15, 0.2) is 61.2 Å². The van der Waals surface area contributed by atoms with Gasteiger partial charge in [0.25, 0.3) is 5.91 Å². The third-order valence-electron chi connectivity index (χ3n) is 4.03. The van der Waals surface area contributed by atoms with Crippen LogP contribution in [-0.4, -0.2) is 39.4 Å². The van der Waals surface area contributed by atoms with E-state index in [1.807, 2.05) is 0 Å². The third-order valence-corrected chi connectivity index (χ3v) is 6.22. The second-order valence-corrected chi connectivity index (χ2v) is 9.44. The molecule has 28 heavy (non-hydrogen) atoms.